The molecule has 4 aromatic rings. The fourth-order valence-corrected chi connectivity index (χ4v) is 11.2. The molecule has 5 fully saturated rings. The third kappa shape index (κ3) is 7.70. The van der Waals surface area contributed by atoms with Gasteiger partial charge in [0.15, 0.2) is 12.2 Å². The lowest BCUT2D eigenvalue weighted by Crippen LogP contribution is -2.69. The molecule has 0 unspecified atom stereocenters. The molecule has 3 aliphatic carbocycles. The van der Waals surface area contributed by atoms with Crippen LogP contribution in [0.1, 0.15) is 89.5 Å². The second-order valence-corrected chi connectivity index (χ2v) is 20.5. The van der Waals surface area contributed by atoms with E-state index in [2.05, 4.69) is 0 Å². The number of rotatable bonds is 17. The normalized spacial score (nSPS) is 32.9. The summed E-state index contributed by atoms with van der Waals surface area (Å²) in [7, 11) is 1.59. The first-order valence-corrected chi connectivity index (χ1v) is 23.6. The van der Waals surface area contributed by atoms with Crippen molar-refractivity contribution in [3.8, 4) is 5.75 Å². The van der Waals surface area contributed by atoms with Crippen molar-refractivity contribution < 1.29 is 61.8 Å². The molecule has 9 rings (SSSR count). The van der Waals surface area contributed by atoms with Crippen molar-refractivity contribution in [2.45, 2.75) is 141 Å². The van der Waals surface area contributed by atoms with Crippen LogP contribution in [0.2, 0.25) is 0 Å². The number of benzene rings is 4. The first-order valence-electron chi connectivity index (χ1n) is 23.6. The van der Waals surface area contributed by atoms with Crippen molar-refractivity contribution in [1.29, 1.82) is 0 Å². The van der Waals surface area contributed by atoms with Crippen LogP contribution in [0, 0.1) is 21.7 Å². The summed E-state index contributed by atoms with van der Waals surface area (Å²) in [6.07, 6.45) is -6.09. The van der Waals surface area contributed by atoms with Gasteiger partial charge in [-0.1, -0.05) is 131 Å². The summed E-state index contributed by atoms with van der Waals surface area (Å²) in [5, 5.41) is 0. The molecule has 4 aromatic carbocycles. The van der Waals surface area contributed by atoms with Crippen LogP contribution in [0.3, 0.4) is 0 Å². The second kappa shape index (κ2) is 18.0. The zero-order valence-electron chi connectivity index (χ0n) is 39.9. The van der Waals surface area contributed by atoms with Gasteiger partial charge >= 0.3 is 23.9 Å². The third-order valence-electron chi connectivity index (χ3n) is 16.7. The Morgan fingerprint density at radius 1 is 0.456 bits per heavy atom. The molecule has 0 radical (unpaired) electrons. The number of fused-ring (bicyclic) bond motifs is 4. The van der Waals surface area contributed by atoms with E-state index >= 15 is 9.59 Å². The Balaban J connectivity index is 1.19. The zero-order chi connectivity index (χ0) is 48.1. The average Bonchev–Trinajstić information content (AvgIpc) is 3.81. The van der Waals surface area contributed by atoms with Crippen LogP contribution in [-0.4, -0.2) is 78.8 Å². The van der Waals surface area contributed by atoms with Crippen molar-refractivity contribution in [3.63, 3.8) is 0 Å². The molecular weight excluding hydrogens is 869 g/mol. The summed E-state index contributed by atoms with van der Waals surface area (Å²) in [5.41, 5.74) is -3.81. The zero-order valence-corrected chi connectivity index (χ0v) is 39.9. The van der Waals surface area contributed by atoms with Crippen LogP contribution in [0.4, 0.5) is 0 Å². The van der Waals surface area contributed by atoms with Crippen LogP contribution in [0.5, 0.6) is 5.75 Å². The van der Waals surface area contributed by atoms with Gasteiger partial charge in [-0.15, -0.1) is 0 Å². The highest BCUT2D eigenvalue weighted by Gasteiger charge is 2.78. The maximum atomic E-state index is 15.3. The number of carbonyl (C=O) groups excluding carboxylic acids is 4. The van der Waals surface area contributed by atoms with Gasteiger partial charge in [-0.2, -0.15) is 0 Å². The van der Waals surface area contributed by atoms with E-state index in [4.69, 9.17) is 42.6 Å². The van der Waals surface area contributed by atoms with E-state index in [0.29, 0.717) is 18.6 Å². The van der Waals surface area contributed by atoms with Crippen LogP contribution < -0.4 is 4.74 Å². The highest BCUT2D eigenvalue weighted by molar-refractivity contribution is 5.94. The van der Waals surface area contributed by atoms with Gasteiger partial charge in [0.1, 0.15) is 30.2 Å². The molecule has 3 saturated carbocycles. The van der Waals surface area contributed by atoms with Gasteiger partial charge in [-0.05, 0) is 73.9 Å². The van der Waals surface area contributed by atoms with Crippen molar-refractivity contribution in [3.05, 3.63) is 138 Å². The summed E-state index contributed by atoms with van der Waals surface area (Å²) >= 11 is 0. The molecule has 0 N–H and O–H groups in total. The smallest absolute Gasteiger partial charge is 0.351 e. The number of hydrogen-bond donors (Lipinski definition) is 0. The number of esters is 4. The molecule has 5 aliphatic rings. The van der Waals surface area contributed by atoms with Crippen molar-refractivity contribution in [2.75, 3.05) is 7.11 Å². The summed E-state index contributed by atoms with van der Waals surface area (Å²) in [6, 6.07) is 35.9. The average molecular weight is 931 g/mol. The Bertz CT molecular complexity index is 2480. The molecule has 10 atom stereocenters. The molecule has 2 heterocycles. The van der Waals surface area contributed by atoms with E-state index in [1.54, 1.807) is 7.11 Å². The molecule has 2 aliphatic heterocycles. The number of methoxy groups -OCH3 is 1. The van der Waals surface area contributed by atoms with Gasteiger partial charge < -0.3 is 42.6 Å². The topological polar surface area (TPSA) is 151 Å². The molecule has 2 saturated heterocycles. The molecule has 360 valence electrons. The molecule has 4 bridgehead atoms. The van der Waals surface area contributed by atoms with E-state index in [1.165, 1.54) is 0 Å². The van der Waals surface area contributed by atoms with Gasteiger partial charge in [0.25, 0.3) is 0 Å². The summed E-state index contributed by atoms with van der Waals surface area (Å²) in [4.78, 5) is 57.8. The summed E-state index contributed by atoms with van der Waals surface area (Å²) in [5.74, 6) is -1.78. The lowest BCUT2D eigenvalue weighted by molar-refractivity contribution is -0.287. The maximum absolute atomic E-state index is 15.3. The Hall–Kier alpha value is -5.60. The third-order valence-corrected chi connectivity index (χ3v) is 16.7. The van der Waals surface area contributed by atoms with Gasteiger partial charge in [-0.25, -0.2) is 9.59 Å². The van der Waals surface area contributed by atoms with Gasteiger partial charge in [0.2, 0.25) is 11.2 Å². The lowest BCUT2D eigenvalue weighted by atomic mass is 9.66. The SMILES string of the molecule is COc1ccc(CO[C@H]2[C@@H](OCc3ccccc3)[C@@H](OC(=O)[C@@]34CC[C@@](C)(C(=O)O3)C4(C)C)[C@H](OCc3ccccc3)[C@@H](OCc3ccccc3)[C@@H]2OC(=O)[C@@]23CC[C@@](C)(C(=O)O2)C3(C)C)cc1. The largest absolute Gasteiger partial charge is 0.497 e. The van der Waals surface area contributed by atoms with Gasteiger partial charge in [0.05, 0.1) is 44.4 Å². The van der Waals surface area contributed by atoms with Crippen molar-refractivity contribution in [2.24, 2.45) is 21.7 Å². The molecule has 0 aromatic heterocycles. The van der Waals surface area contributed by atoms with Crippen LogP contribution in [-0.2, 0) is 83.5 Å². The predicted octanol–water partition coefficient (Wildman–Crippen LogP) is 8.42. The standard InChI is InChI=1S/C55H62O13/c1-50(2)52(5)27-29-54(50,67-46(52)56)48(58)65-44-40(61-31-35-17-11-8-12-18-35)41(62-32-36-19-13-9-14-20-36)45(66-49(59)55-30-28-53(6,47(57)68-55)51(55,3)4)43(42(44)63-33-37-21-15-10-16-22-37)64-34-38-23-25-39(60-7)26-24-38/h8-26,40-45H,27-34H2,1-7H3/t40-,41-,42-,43+,44+,45+,52+,53+,54-,55-/m1/s1. The molecule has 68 heavy (non-hydrogen) atoms. The Morgan fingerprint density at radius 2 is 0.765 bits per heavy atom. The predicted molar refractivity (Wildman–Crippen MR) is 246 cm³/mol. The highest BCUT2D eigenvalue weighted by atomic mass is 16.7. The van der Waals surface area contributed by atoms with Crippen molar-refractivity contribution in [1.82, 2.24) is 0 Å². The lowest BCUT2D eigenvalue weighted by Gasteiger charge is -2.50. The van der Waals surface area contributed by atoms with E-state index in [0.717, 1.165) is 22.3 Å². The minimum Gasteiger partial charge on any atom is -0.497 e. The molecule has 13 heteroatoms. The Morgan fingerprint density at radius 3 is 1.03 bits per heavy atom. The molecule has 0 amide bonds. The van der Waals surface area contributed by atoms with Crippen LogP contribution in [0.25, 0.3) is 0 Å². The molecular formula is C55H62O13. The fourth-order valence-electron chi connectivity index (χ4n) is 11.2. The summed E-state index contributed by atoms with van der Waals surface area (Å²) in [6.45, 7) is 11.2. The number of ether oxygens (including phenoxy) is 9. The van der Waals surface area contributed by atoms with E-state index in [1.807, 2.05) is 157 Å². The quantitative estimate of drug-likeness (QED) is 0.0737. The first kappa shape index (κ1) is 47.5. The number of carbonyl (C=O) groups is 4. The van der Waals surface area contributed by atoms with Gasteiger partial charge in [-0.3, -0.25) is 9.59 Å². The van der Waals surface area contributed by atoms with E-state index < -0.39 is 93.4 Å². The van der Waals surface area contributed by atoms with Gasteiger partial charge in [0, 0.05) is 10.8 Å². The molecule has 0 spiro atoms. The number of hydrogen-bond acceptors (Lipinski definition) is 13. The second-order valence-electron chi connectivity index (χ2n) is 20.5. The van der Waals surface area contributed by atoms with Crippen LogP contribution in [0.15, 0.2) is 115 Å². The minimum atomic E-state index is -1.63. The first-order chi connectivity index (χ1) is 32.5. The monoisotopic (exact) mass is 930 g/mol. The maximum Gasteiger partial charge on any atom is 0.351 e. The van der Waals surface area contributed by atoms with Crippen LogP contribution >= 0.6 is 0 Å². The summed E-state index contributed by atoms with van der Waals surface area (Å²) < 4.78 is 59.2. The fraction of sp³-hybridized carbons (Fsp3) is 0.491. The molecule has 13 nitrogen and oxygen atoms in total. The van der Waals surface area contributed by atoms with E-state index in [-0.39, 0.29) is 39.3 Å². The van der Waals surface area contributed by atoms with Crippen molar-refractivity contribution >= 4 is 23.9 Å². The Labute approximate surface area is 398 Å². The highest BCUT2D eigenvalue weighted by Crippen LogP contribution is 2.67. The van der Waals surface area contributed by atoms with E-state index in [9.17, 15) is 9.59 Å². The minimum absolute atomic E-state index is 0.00779. The Kier molecular flexibility index (Phi) is 12.6.